The lowest BCUT2D eigenvalue weighted by molar-refractivity contribution is 0.344. The number of benzene rings is 1. The van der Waals surface area contributed by atoms with Gasteiger partial charge in [0.1, 0.15) is 4.90 Å². The zero-order valence-corrected chi connectivity index (χ0v) is 14.2. The molecule has 0 radical (unpaired) electrons. The SMILES string of the molecule is CNS(=O)(=O)c1ccc(NC(CN(C)C)C(C)C)cc1N. The molecule has 0 aliphatic carbocycles. The standard InChI is InChI=1S/C14H26N4O2S/c1-10(2)13(9-18(4)5)17-11-6-7-14(12(15)8-11)21(19,20)16-3/h6-8,10,13,16-17H,9,15H2,1-5H3. The Hall–Kier alpha value is -1.31. The molecule has 1 aromatic carbocycles. The second-order valence-electron chi connectivity index (χ2n) is 5.72. The van der Waals surface area contributed by atoms with Crippen molar-refractivity contribution in [2.45, 2.75) is 24.8 Å². The summed E-state index contributed by atoms with van der Waals surface area (Å²) in [5.74, 6) is 0.439. The van der Waals surface area contributed by atoms with E-state index in [0.717, 1.165) is 12.2 Å². The van der Waals surface area contributed by atoms with E-state index in [9.17, 15) is 8.42 Å². The predicted molar refractivity (Wildman–Crippen MR) is 87.9 cm³/mol. The first-order valence-electron chi connectivity index (χ1n) is 6.91. The third-order valence-corrected chi connectivity index (χ3v) is 4.77. The van der Waals surface area contributed by atoms with Crippen LogP contribution in [0.25, 0.3) is 0 Å². The monoisotopic (exact) mass is 314 g/mol. The molecule has 0 bridgehead atoms. The molecular weight excluding hydrogens is 288 g/mol. The van der Waals surface area contributed by atoms with Gasteiger partial charge in [0.2, 0.25) is 10.0 Å². The maximum Gasteiger partial charge on any atom is 0.242 e. The summed E-state index contributed by atoms with van der Waals surface area (Å²) in [5, 5.41) is 3.41. The Kier molecular flexibility index (Phi) is 6.00. The molecule has 0 aliphatic rings. The van der Waals surface area contributed by atoms with Crippen molar-refractivity contribution in [3.05, 3.63) is 18.2 Å². The Morgan fingerprint density at radius 1 is 1.29 bits per heavy atom. The van der Waals surface area contributed by atoms with Gasteiger partial charge in [0.15, 0.2) is 0 Å². The molecule has 0 amide bonds. The van der Waals surface area contributed by atoms with Gasteiger partial charge in [-0.25, -0.2) is 13.1 Å². The fourth-order valence-corrected chi connectivity index (χ4v) is 2.86. The van der Waals surface area contributed by atoms with Crippen molar-refractivity contribution in [3.8, 4) is 0 Å². The van der Waals surface area contributed by atoms with Crippen molar-refractivity contribution in [1.82, 2.24) is 9.62 Å². The lowest BCUT2D eigenvalue weighted by Crippen LogP contribution is -2.36. The molecule has 1 atom stereocenters. The quantitative estimate of drug-likeness (QED) is 0.658. The van der Waals surface area contributed by atoms with E-state index in [4.69, 9.17) is 5.73 Å². The summed E-state index contributed by atoms with van der Waals surface area (Å²) < 4.78 is 25.8. The second kappa shape index (κ2) is 7.11. The zero-order valence-electron chi connectivity index (χ0n) is 13.3. The summed E-state index contributed by atoms with van der Waals surface area (Å²) in [7, 11) is 1.89. The number of nitrogens with zero attached hydrogens (tertiary/aromatic N) is 1. The summed E-state index contributed by atoms with van der Waals surface area (Å²) in [5.41, 5.74) is 6.93. The zero-order chi connectivity index (χ0) is 16.2. The highest BCUT2D eigenvalue weighted by atomic mass is 32.2. The van der Waals surface area contributed by atoms with E-state index >= 15 is 0 Å². The Balaban J connectivity index is 2.98. The minimum absolute atomic E-state index is 0.101. The van der Waals surface area contributed by atoms with Gasteiger partial charge in [-0.15, -0.1) is 0 Å². The van der Waals surface area contributed by atoms with Gasteiger partial charge in [0, 0.05) is 18.3 Å². The number of rotatable bonds is 7. The number of likely N-dealkylation sites (N-methyl/N-ethyl adjacent to an activating group) is 1. The number of sulfonamides is 1. The average Bonchev–Trinajstić information content (AvgIpc) is 2.37. The Morgan fingerprint density at radius 2 is 1.90 bits per heavy atom. The predicted octanol–water partition coefficient (Wildman–Crippen LogP) is 1.18. The third-order valence-electron chi connectivity index (χ3n) is 3.29. The summed E-state index contributed by atoms with van der Waals surface area (Å²) >= 11 is 0. The van der Waals surface area contributed by atoms with E-state index in [2.05, 4.69) is 28.8 Å². The van der Waals surface area contributed by atoms with E-state index < -0.39 is 10.0 Å². The normalized spacial score (nSPS) is 13.7. The van der Waals surface area contributed by atoms with Crippen molar-refractivity contribution in [2.75, 3.05) is 38.7 Å². The van der Waals surface area contributed by atoms with Crippen LogP contribution in [0.3, 0.4) is 0 Å². The van der Waals surface area contributed by atoms with Crippen LogP contribution >= 0.6 is 0 Å². The number of nitrogens with one attached hydrogen (secondary N) is 2. The number of hydrogen-bond acceptors (Lipinski definition) is 5. The van der Waals surface area contributed by atoms with Crippen LogP contribution in [-0.4, -0.2) is 47.0 Å². The molecule has 120 valence electrons. The van der Waals surface area contributed by atoms with Crippen LogP contribution in [-0.2, 0) is 10.0 Å². The second-order valence-corrected chi connectivity index (χ2v) is 7.57. The summed E-state index contributed by atoms with van der Waals surface area (Å²) in [6.07, 6.45) is 0. The van der Waals surface area contributed by atoms with Gasteiger partial charge in [-0.3, -0.25) is 0 Å². The van der Waals surface area contributed by atoms with Crippen LogP contribution in [0.15, 0.2) is 23.1 Å². The number of anilines is 2. The first kappa shape index (κ1) is 17.7. The molecule has 0 heterocycles. The molecule has 0 aliphatic heterocycles. The largest absolute Gasteiger partial charge is 0.398 e. The van der Waals surface area contributed by atoms with E-state index in [1.807, 2.05) is 14.1 Å². The minimum Gasteiger partial charge on any atom is -0.398 e. The van der Waals surface area contributed by atoms with Gasteiger partial charge in [-0.1, -0.05) is 13.8 Å². The Bertz CT molecular complexity index is 570. The van der Waals surface area contributed by atoms with Crippen LogP contribution in [0, 0.1) is 5.92 Å². The molecule has 1 unspecified atom stereocenters. The van der Waals surface area contributed by atoms with Crippen LogP contribution in [0.1, 0.15) is 13.8 Å². The van der Waals surface area contributed by atoms with E-state index in [0.29, 0.717) is 5.92 Å². The van der Waals surface area contributed by atoms with Crippen molar-refractivity contribution in [3.63, 3.8) is 0 Å². The van der Waals surface area contributed by atoms with Crippen molar-refractivity contribution >= 4 is 21.4 Å². The van der Waals surface area contributed by atoms with Crippen molar-refractivity contribution < 1.29 is 8.42 Å². The molecule has 7 heteroatoms. The molecule has 0 saturated heterocycles. The fraction of sp³-hybridized carbons (Fsp3) is 0.571. The summed E-state index contributed by atoms with van der Waals surface area (Å²) in [6, 6.07) is 5.18. The smallest absolute Gasteiger partial charge is 0.242 e. The Labute approximate surface area is 127 Å². The van der Waals surface area contributed by atoms with Gasteiger partial charge >= 0.3 is 0 Å². The summed E-state index contributed by atoms with van der Waals surface area (Å²) in [4.78, 5) is 2.21. The molecule has 1 rings (SSSR count). The van der Waals surface area contributed by atoms with Gasteiger partial charge in [0.25, 0.3) is 0 Å². The topological polar surface area (TPSA) is 87.5 Å². The molecule has 1 aromatic rings. The lowest BCUT2D eigenvalue weighted by Gasteiger charge is -2.27. The number of nitrogens with two attached hydrogens (primary N) is 1. The molecule has 6 nitrogen and oxygen atoms in total. The number of nitrogen functional groups attached to an aromatic ring is 1. The average molecular weight is 314 g/mol. The maximum atomic E-state index is 11.8. The highest BCUT2D eigenvalue weighted by molar-refractivity contribution is 7.89. The van der Waals surface area contributed by atoms with Crippen LogP contribution in [0.4, 0.5) is 11.4 Å². The fourth-order valence-electron chi connectivity index (χ4n) is 2.02. The van der Waals surface area contributed by atoms with Crippen molar-refractivity contribution in [2.24, 2.45) is 5.92 Å². The molecule has 0 spiro atoms. The highest BCUT2D eigenvalue weighted by Gasteiger charge is 2.18. The molecule has 0 saturated carbocycles. The van der Waals surface area contributed by atoms with Crippen LogP contribution < -0.4 is 15.8 Å². The summed E-state index contributed by atoms with van der Waals surface area (Å²) in [6.45, 7) is 5.17. The molecule has 21 heavy (non-hydrogen) atoms. The van der Waals surface area contributed by atoms with E-state index in [-0.39, 0.29) is 16.6 Å². The van der Waals surface area contributed by atoms with Gasteiger partial charge < -0.3 is 16.0 Å². The van der Waals surface area contributed by atoms with Gasteiger partial charge in [0.05, 0.1) is 5.69 Å². The van der Waals surface area contributed by atoms with Crippen LogP contribution in [0.2, 0.25) is 0 Å². The van der Waals surface area contributed by atoms with Gasteiger partial charge in [-0.05, 0) is 45.3 Å². The van der Waals surface area contributed by atoms with E-state index in [1.165, 1.54) is 13.1 Å². The molecule has 4 N–H and O–H groups in total. The first-order valence-corrected chi connectivity index (χ1v) is 8.40. The Morgan fingerprint density at radius 3 is 2.33 bits per heavy atom. The van der Waals surface area contributed by atoms with Gasteiger partial charge in [-0.2, -0.15) is 0 Å². The first-order chi connectivity index (χ1) is 9.67. The highest BCUT2D eigenvalue weighted by Crippen LogP contribution is 2.23. The van der Waals surface area contributed by atoms with E-state index in [1.54, 1.807) is 12.1 Å². The molecule has 0 aromatic heterocycles. The number of hydrogen-bond donors (Lipinski definition) is 3. The molecular formula is C14H26N4O2S. The molecule has 0 fully saturated rings. The third kappa shape index (κ3) is 4.87. The minimum atomic E-state index is -3.52. The van der Waals surface area contributed by atoms with Crippen molar-refractivity contribution in [1.29, 1.82) is 0 Å². The maximum absolute atomic E-state index is 11.8. The lowest BCUT2D eigenvalue weighted by atomic mass is 10.0. The van der Waals surface area contributed by atoms with Crippen LogP contribution in [0.5, 0.6) is 0 Å².